The molecule has 0 bridgehead atoms. The summed E-state index contributed by atoms with van der Waals surface area (Å²) in [4.78, 5) is 17.4. The lowest BCUT2D eigenvalue weighted by Crippen LogP contribution is -2.20. The molecule has 0 spiro atoms. The first-order valence-corrected chi connectivity index (χ1v) is 11.4. The summed E-state index contributed by atoms with van der Waals surface area (Å²) in [5, 5.41) is 6.08. The van der Waals surface area contributed by atoms with Crippen molar-refractivity contribution in [1.82, 2.24) is 14.6 Å². The SMILES string of the molecule is COc1ccc(-c2cc(C(F)F)n3ncc(C(=O)Nc4cc(OCC(F)(F)F)cc(OCC(F)(F)F)c4)c3n2)cc1. The summed E-state index contributed by atoms with van der Waals surface area (Å²) in [6, 6.07) is 9.93. The summed E-state index contributed by atoms with van der Waals surface area (Å²) in [5.74, 6) is -1.63. The van der Waals surface area contributed by atoms with E-state index in [4.69, 9.17) is 4.74 Å². The minimum atomic E-state index is -4.76. The zero-order chi connectivity index (χ0) is 29.9. The van der Waals surface area contributed by atoms with Crippen molar-refractivity contribution in [1.29, 1.82) is 0 Å². The standard InChI is InChI=1S/C25H18F8N4O4/c1-39-15-4-2-13(3-5-15)19-9-20(21(26)27)37-22(36-19)18(10-34-37)23(38)35-14-6-16(40-11-24(28,29)30)8-17(7-14)41-12-25(31,32)33/h2-10,21H,11-12H2,1H3,(H,35,38). The highest BCUT2D eigenvalue weighted by molar-refractivity contribution is 6.08. The molecule has 8 nitrogen and oxygen atoms in total. The van der Waals surface area contributed by atoms with Crippen LogP contribution in [-0.2, 0) is 0 Å². The molecule has 41 heavy (non-hydrogen) atoms. The summed E-state index contributed by atoms with van der Waals surface area (Å²) >= 11 is 0. The molecule has 1 N–H and O–H groups in total. The van der Waals surface area contributed by atoms with Crippen LogP contribution in [0.3, 0.4) is 0 Å². The van der Waals surface area contributed by atoms with Gasteiger partial charge in [-0.25, -0.2) is 18.3 Å². The van der Waals surface area contributed by atoms with Gasteiger partial charge in [0.1, 0.15) is 28.5 Å². The second kappa shape index (κ2) is 11.5. The van der Waals surface area contributed by atoms with E-state index >= 15 is 0 Å². The fourth-order valence-corrected chi connectivity index (χ4v) is 3.55. The summed E-state index contributed by atoms with van der Waals surface area (Å²) in [5.41, 5.74) is -1.04. The molecule has 0 saturated carbocycles. The first-order valence-electron chi connectivity index (χ1n) is 11.4. The van der Waals surface area contributed by atoms with E-state index in [1.807, 2.05) is 0 Å². The highest BCUT2D eigenvalue weighted by Crippen LogP contribution is 2.31. The van der Waals surface area contributed by atoms with Gasteiger partial charge in [-0.2, -0.15) is 31.4 Å². The largest absolute Gasteiger partial charge is 0.497 e. The fourth-order valence-electron chi connectivity index (χ4n) is 3.55. The Hall–Kier alpha value is -4.63. The number of amides is 1. The van der Waals surface area contributed by atoms with Crippen LogP contribution in [-0.4, -0.2) is 53.2 Å². The zero-order valence-electron chi connectivity index (χ0n) is 20.7. The average molecular weight is 590 g/mol. The minimum Gasteiger partial charge on any atom is -0.497 e. The molecule has 0 aliphatic heterocycles. The van der Waals surface area contributed by atoms with E-state index in [1.54, 1.807) is 24.3 Å². The number of hydrogen-bond acceptors (Lipinski definition) is 6. The number of methoxy groups -OCH3 is 1. The van der Waals surface area contributed by atoms with Crippen LogP contribution in [0, 0.1) is 0 Å². The fraction of sp³-hybridized carbons (Fsp3) is 0.240. The summed E-state index contributed by atoms with van der Waals surface area (Å²) in [6.45, 7) is -3.54. The Bertz CT molecular complexity index is 1500. The lowest BCUT2D eigenvalue weighted by atomic mass is 10.1. The number of ether oxygens (including phenoxy) is 3. The minimum absolute atomic E-state index is 0.0652. The van der Waals surface area contributed by atoms with Crippen molar-refractivity contribution in [2.24, 2.45) is 0 Å². The number of halogens is 8. The number of carbonyl (C=O) groups is 1. The normalized spacial score (nSPS) is 12.0. The number of carbonyl (C=O) groups excluding carboxylic acids is 1. The Morgan fingerprint density at radius 3 is 2.00 bits per heavy atom. The number of aromatic nitrogens is 3. The number of fused-ring (bicyclic) bond motifs is 1. The van der Waals surface area contributed by atoms with Gasteiger partial charge < -0.3 is 19.5 Å². The van der Waals surface area contributed by atoms with Crippen molar-refractivity contribution in [2.45, 2.75) is 18.8 Å². The molecule has 2 aromatic heterocycles. The average Bonchev–Trinajstić information content (AvgIpc) is 3.33. The number of benzene rings is 2. The molecule has 16 heteroatoms. The molecular formula is C25H18F8N4O4. The van der Waals surface area contributed by atoms with Crippen LogP contribution >= 0.6 is 0 Å². The number of nitrogens with zero attached hydrogens (tertiary/aromatic N) is 3. The van der Waals surface area contributed by atoms with Gasteiger partial charge >= 0.3 is 12.4 Å². The number of anilines is 1. The van der Waals surface area contributed by atoms with E-state index in [1.165, 1.54) is 7.11 Å². The number of hydrogen-bond donors (Lipinski definition) is 1. The molecular weight excluding hydrogens is 572 g/mol. The van der Waals surface area contributed by atoms with E-state index in [0.29, 0.717) is 11.3 Å². The Kier molecular flexibility index (Phi) is 8.21. The lowest BCUT2D eigenvalue weighted by molar-refractivity contribution is -0.153. The Morgan fingerprint density at radius 2 is 1.49 bits per heavy atom. The predicted octanol–water partition coefficient (Wildman–Crippen LogP) is 6.48. The van der Waals surface area contributed by atoms with Crippen molar-refractivity contribution in [3.8, 4) is 28.5 Å². The third-order valence-electron chi connectivity index (χ3n) is 5.30. The van der Waals surface area contributed by atoms with E-state index in [-0.39, 0.29) is 22.6 Å². The van der Waals surface area contributed by atoms with Crippen molar-refractivity contribution in [3.63, 3.8) is 0 Å². The summed E-state index contributed by atoms with van der Waals surface area (Å²) < 4.78 is 118. The maximum Gasteiger partial charge on any atom is 0.422 e. The van der Waals surface area contributed by atoms with Gasteiger partial charge in [-0.15, -0.1) is 0 Å². The summed E-state index contributed by atoms with van der Waals surface area (Å²) in [7, 11) is 1.44. The van der Waals surface area contributed by atoms with E-state index in [0.717, 1.165) is 35.0 Å². The first kappa shape index (κ1) is 29.4. The van der Waals surface area contributed by atoms with Crippen LogP contribution in [0.1, 0.15) is 22.5 Å². The first-order chi connectivity index (χ1) is 19.2. The quantitative estimate of drug-likeness (QED) is 0.225. The van der Waals surface area contributed by atoms with Gasteiger partial charge in [0.2, 0.25) is 0 Å². The maximum absolute atomic E-state index is 13.9. The van der Waals surface area contributed by atoms with Crippen LogP contribution in [0.15, 0.2) is 54.7 Å². The molecule has 0 aliphatic carbocycles. The highest BCUT2D eigenvalue weighted by atomic mass is 19.4. The van der Waals surface area contributed by atoms with Crippen LogP contribution in [0.25, 0.3) is 16.9 Å². The second-order valence-electron chi connectivity index (χ2n) is 8.34. The van der Waals surface area contributed by atoms with Crippen molar-refractivity contribution >= 4 is 17.2 Å². The molecule has 4 aromatic rings. The number of rotatable bonds is 9. The Morgan fingerprint density at radius 1 is 0.902 bits per heavy atom. The number of nitrogens with one attached hydrogen (secondary N) is 1. The molecule has 218 valence electrons. The van der Waals surface area contributed by atoms with E-state index in [2.05, 4.69) is 24.9 Å². The van der Waals surface area contributed by atoms with Gasteiger partial charge in [-0.05, 0) is 30.3 Å². The molecule has 2 aromatic carbocycles. The molecule has 4 rings (SSSR count). The van der Waals surface area contributed by atoms with Crippen LogP contribution < -0.4 is 19.5 Å². The molecule has 0 radical (unpaired) electrons. The van der Waals surface area contributed by atoms with Gasteiger partial charge in [0.05, 0.1) is 19.0 Å². The highest BCUT2D eigenvalue weighted by Gasteiger charge is 2.30. The van der Waals surface area contributed by atoms with Gasteiger partial charge in [0.15, 0.2) is 18.9 Å². The van der Waals surface area contributed by atoms with Crippen LogP contribution in [0.4, 0.5) is 40.8 Å². The molecule has 0 fully saturated rings. The van der Waals surface area contributed by atoms with Gasteiger partial charge in [-0.1, -0.05) is 0 Å². The van der Waals surface area contributed by atoms with Crippen molar-refractivity contribution in [2.75, 3.05) is 25.6 Å². The van der Waals surface area contributed by atoms with E-state index < -0.39 is 55.1 Å². The third kappa shape index (κ3) is 7.52. The zero-order valence-corrected chi connectivity index (χ0v) is 20.7. The topological polar surface area (TPSA) is 87.0 Å². The molecule has 0 saturated heterocycles. The monoisotopic (exact) mass is 590 g/mol. The number of alkyl halides is 8. The Balaban J connectivity index is 1.69. The molecule has 0 unspecified atom stereocenters. The van der Waals surface area contributed by atoms with Crippen LogP contribution in [0.5, 0.6) is 17.2 Å². The third-order valence-corrected chi connectivity index (χ3v) is 5.30. The van der Waals surface area contributed by atoms with Gasteiger partial charge in [-0.3, -0.25) is 4.79 Å². The van der Waals surface area contributed by atoms with E-state index in [9.17, 15) is 39.9 Å². The smallest absolute Gasteiger partial charge is 0.422 e. The molecule has 0 atom stereocenters. The maximum atomic E-state index is 13.9. The predicted molar refractivity (Wildman–Crippen MR) is 127 cm³/mol. The summed E-state index contributed by atoms with van der Waals surface area (Å²) in [6.07, 6.45) is -11.6. The second-order valence-corrected chi connectivity index (χ2v) is 8.34. The van der Waals surface area contributed by atoms with Crippen LogP contribution in [0.2, 0.25) is 0 Å². The van der Waals surface area contributed by atoms with Gasteiger partial charge in [0.25, 0.3) is 12.3 Å². The Labute approximate surface area is 225 Å². The molecule has 0 aliphatic rings. The van der Waals surface area contributed by atoms with Crippen molar-refractivity contribution in [3.05, 3.63) is 66.0 Å². The molecule has 1 amide bonds. The lowest BCUT2D eigenvalue weighted by Gasteiger charge is -2.15. The van der Waals surface area contributed by atoms with Crippen molar-refractivity contribution < 1.29 is 54.1 Å². The van der Waals surface area contributed by atoms with Gasteiger partial charge in [0, 0.05) is 29.4 Å². The molecule has 2 heterocycles.